The summed E-state index contributed by atoms with van der Waals surface area (Å²) < 4.78 is 5.30. The Hall–Kier alpha value is -0.610. The molecule has 2 aliphatic carbocycles. The number of hydrogen-bond acceptors (Lipinski definition) is 2. The Balaban J connectivity index is 1.44. The SMILES string of the molecule is O=C(C[NH+]1CCOCC1)N[C@H]1C[C@@H]2CC[C@H]1C2. The summed E-state index contributed by atoms with van der Waals surface area (Å²) in [5.74, 6) is 1.93. The first kappa shape index (κ1) is 11.5. The number of hydrogen-bond donors (Lipinski definition) is 2. The van der Waals surface area contributed by atoms with Gasteiger partial charge in [-0.15, -0.1) is 0 Å². The van der Waals surface area contributed by atoms with Crippen LogP contribution in [-0.4, -0.2) is 44.8 Å². The maximum absolute atomic E-state index is 12.0. The van der Waals surface area contributed by atoms with Gasteiger partial charge in [-0.3, -0.25) is 4.79 Å². The summed E-state index contributed by atoms with van der Waals surface area (Å²) >= 11 is 0. The van der Waals surface area contributed by atoms with Crippen LogP contribution in [0.1, 0.15) is 25.7 Å². The second kappa shape index (κ2) is 4.94. The van der Waals surface area contributed by atoms with Gasteiger partial charge < -0.3 is 15.0 Å². The Kier molecular flexibility index (Phi) is 3.34. The van der Waals surface area contributed by atoms with Gasteiger partial charge in [0.1, 0.15) is 13.1 Å². The van der Waals surface area contributed by atoms with E-state index in [1.807, 2.05) is 0 Å². The van der Waals surface area contributed by atoms with Crippen LogP contribution in [0, 0.1) is 11.8 Å². The summed E-state index contributed by atoms with van der Waals surface area (Å²) in [5, 5.41) is 3.26. The Bertz CT molecular complexity index is 289. The van der Waals surface area contributed by atoms with Gasteiger partial charge in [-0.1, -0.05) is 6.42 Å². The van der Waals surface area contributed by atoms with E-state index in [2.05, 4.69) is 5.32 Å². The monoisotopic (exact) mass is 239 g/mol. The fourth-order valence-corrected chi connectivity index (χ4v) is 3.74. The van der Waals surface area contributed by atoms with Crippen molar-refractivity contribution in [2.24, 2.45) is 11.8 Å². The number of ether oxygens (including phenoxy) is 1. The third kappa shape index (κ3) is 2.63. The van der Waals surface area contributed by atoms with Crippen LogP contribution >= 0.6 is 0 Å². The number of quaternary nitrogens is 1. The fourth-order valence-electron chi connectivity index (χ4n) is 3.74. The van der Waals surface area contributed by atoms with E-state index in [-0.39, 0.29) is 5.91 Å². The van der Waals surface area contributed by atoms with Crippen molar-refractivity contribution in [2.75, 3.05) is 32.8 Å². The highest BCUT2D eigenvalue weighted by Crippen LogP contribution is 2.44. The fraction of sp³-hybridized carbons (Fsp3) is 0.923. The predicted molar refractivity (Wildman–Crippen MR) is 63.8 cm³/mol. The van der Waals surface area contributed by atoms with E-state index < -0.39 is 0 Å². The van der Waals surface area contributed by atoms with Crippen LogP contribution in [0.25, 0.3) is 0 Å². The molecule has 0 aromatic rings. The molecule has 0 aromatic heterocycles. The van der Waals surface area contributed by atoms with E-state index >= 15 is 0 Å². The summed E-state index contributed by atoms with van der Waals surface area (Å²) in [6.45, 7) is 4.19. The van der Waals surface area contributed by atoms with Gasteiger partial charge in [0, 0.05) is 6.04 Å². The lowest BCUT2D eigenvalue weighted by Crippen LogP contribution is -3.15. The van der Waals surface area contributed by atoms with Crippen LogP contribution in [0.4, 0.5) is 0 Å². The number of nitrogens with one attached hydrogen (secondary N) is 2. The first-order valence-corrected chi connectivity index (χ1v) is 7.02. The lowest BCUT2D eigenvalue weighted by Gasteiger charge is -2.26. The van der Waals surface area contributed by atoms with E-state index in [1.54, 1.807) is 0 Å². The van der Waals surface area contributed by atoms with Crippen molar-refractivity contribution in [3.63, 3.8) is 0 Å². The van der Waals surface area contributed by atoms with Crippen LogP contribution in [0.3, 0.4) is 0 Å². The van der Waals surface area contributed by atoms with E-state index in [0.717, 1.165) is 38.1 Å². The zero-order valence-corrected chi connectivity index (χ0v) is 10.4. The highest BCUT2D eigenvalue weighted by molar-refractivity contribution is 5.77. The highest BCUT2D eigenvalue weighted by atomic mass is 16.5. The van der Waals surface area contributed by atoms with Gasteiger partial charge in [0.2, 0.25) is 0 Å². The van der Waals surface area contributed by atoms with Crippen molar-refractivity contribution in [1.29, 1.82) is 0 Å². The molecule has 0 spiro atoms. The summed E-state index contributed by atoms with van der Waals surface area (Å²) in [4.78, 5) is 13.3. The topological polar surface area (TPSA) is 42.8 Å². The molecular formula is C13H23N2O2+. The Morgan fingerprint density at radius 2 is 2.06 bits per heavy atom. The zero-order valence-electron chi connectivity index (χ0n) is 10.4. The lowest BCUT2D eigenvalue weighted by atomic mass is 9.95. The standard InChI is InChI=1S/C13H22N2O2/c16-13(9-15-3-5-17-6-4-15)14-12-8-10-1-2-11(12)7-10/h10-12H,1-9H2,(H,14,16)/p+1/t10-,11+,12+/m1/s1. The van der Waals surface area contributed by atoms with Gasteiger partial charge in [0.15, 0.2) is 6.54 Å². The quantitative estimate of drug-likeness (QED) is 0.677. The number of amides is 1. The molecule has 3 aliphatic rings. The summed E-state index contributed by atoms with van der Waals surface area (Å²) in [5.41, 5.74) is 0. The molecular weight excluding hydrogens is 216 g/mol. The van der Waals surface area contributed by atoms with Crippen molar-refractivity contribution >= 4 is 5.91 Å². The van der Waals surface area contributed by atoms with Gasteiger partial charge in [0.05, 0.1) is 13.2 Å². The molecule has 17 heavy (non-hydrogen) atoms. The molecule has 1 aliphatic heterocycles. The van der Waals surface area contributed by atoms with Crippen LogP contribution in [0.15, 0.2) is 0 Å². The minimum atomic E-state index is 0.249. The molecule has 1 amide bonds. The smallest absolute Gasteiger partial charge is 0.275 e. The summed E-state index contributed by atoms with van der Waals surface area (Å²) in [6.07, 6.45) is 5.32. The molecule has 3 rings (SSSR count). The van der Waals surface area contributed by atoms with E-state index in [9.17, 15) is 4.79 Å². The number of rotatable bonds is 3. The molecule has 1 saturated heterocycles. The predicted octanol–water partition coefficient (Wildman–Crippen LogP) is -0.794. The van der Waals surface area contributed by atoms with Crippen molar-refractivity contribution in [1.82, 2.24) is 5.32 Å². The molecule has 96 valence electrons. The van der Waals surface area contributed by atoms with Gasteiger partial charge in [-0.2, -0.15) is 0 Å². The summed E-state index contributed by atoms with van der Waals surface area (Å²) in [7, 11) is 0. The van der Waals surface area contributed by atoms with Gasteiger partial charge in [-0.05, 0) is 31.1 Å². The average Bonchev–Trinajstić information content (AvgIpc) is 2.92. The van der Waals surface area contributed by atoms with Gasteiger partial charge in [0.25, 0.3) is 5.91 Å². The third-order valence-corrected chi connectivity index (χ3v) is 4.69. The average molecular weight is 239 g/mol. The largest absolute Gasteiger partial charge is 0.370 e. The second-order valence-corrected chi connectivity index (χ2v) is 5.89. The molecule has 3 atom stereocenters. The number of carbonyl (C=O) groups excluding carboxylic acids is 1. The number of fused-ring (bicyclic) bond motifs is 2. The molecule has 2 N–H and O–H groups in total. The van der Waals surface area contributed by atoms with E-state index in [0.29, 0.717) is 12.6 Å². The highest BCUT2D eigenvalue weighted by Gasteiger charge is 2.40. The molecule has 3 fully saturated rings. The first-order valence-electron chi connectivity index (χ1n) is 7.02. The lowest BCUT2D eigenvalue weighted by molar-refractivity contribution is -0.900. The van der Waals surface area contributed by atoms with Crippen LogP contribution in [0.2, 0.25) is 0 Å². The number of morpholine rings is 1. The van der Waals surface area contributed by atoms with Gasteiger partial charge in [-0.25, -0.2) is 0 Å². The maximum Gasteiger partial charge on any atom is 0.275 e. The second-order valence-electron chi connectivity index (χ2n) is 5.89. The van der Waals surface area contributed by atoms with Crippen LogP contribution in [0.5, 0.6) is 0 Å². The minimum Gasteiger partial charge on any atom is -0.370 e. The maximum atomic E-state index is 12.0. The molecule has 2 bridgehead atoms. The molecule has 2 saturated carbocycles. The van der Waals surface area contributed by atoms with E-state index in [4.69, 9.17) is 4.74 Å². The third-order valence-electron chi connectivity index (χ3n) is 4.69. The van der Waals surface area contributed by atoms with E-state index in [1.165, 1.54) is 30.6 Å². The van der Waals surface area contributed by atoms with Gasteiger partial charge >= 0.3 is 0 Å². The Labute approximate surface area is 103 Å². The van der Waals surface area contributed by atoms with Crippen LogP contribution < -0.4 is 10.2 Å². The van der Waals surface area contributed by atoms with Crippen LogP contribution in [-0.2, 0) is 9.53 Å². The van der Waals surface area contributed by atoms with Crippen molar-refractivity contribution < 1.29 is 14.4 Å². The number of carbonyl (C=O) groups is 1. The first-order chi connectivity index (χ1) is 8.31. The van der Waals surface area contributed by atoms with Crippen molar-refractivity contribution in [3.8, 4) is 0 Å². The molecule has 4 nitrogen and oxygen atoms in total. The minimum absolute atomic E-state index is 0.249. The molecule has 0 radical (unpaired) electrons. The summed E-state index contributed by atoms with van der Waals surface area (Å²) in [6, 6.07) is 0.488. The van der Waals surface area contributed by atoms with Crippen molar-refractivity contribution in [3.05, 3.63) is 0 Å². The Morgan fingerprint density at radius 3 is 2.71 bits per heavy atom. The molecule has 0 aromatic carbocycles. The normalized spacial score (nSPS) is 37.3. The Morgan fingerprint density at radius 1 is 1.24 bits per heavy atom. The zero-order chi connectivity index (χ0) is 11.7. The molecule has 1 heterocycles. The molecule has 0 unspecified atom stereocenters. The van der Waals surface area contributed by atoms with Crippen molar-refractivity contribution in [2.45, 2.75) is 31.7 Å². The molecule has 4 heteroatoms.